The van der Waals surface area contributed by atoms with Crippen molar-refractivity contribution in [2.45, 2.75) is 6.18 Å². The van der Waals surface area contributed by atoms with E-state index in [1.54, 1.807) is 35.6 Å². The first kappa shape index (κ1) is 20.3. The minimum atomic E-state index is -5.14. The van der Waals surface area contributed by atoms with E-state index in [1.165, 1.54) is 40.9 Å². The smallest absolute Gasteiger partial charge is 0.301 e. The summed E-state index contributed by atoms with van der Waals surface area (Å²) < 4.78 is 53.5. The normalized spacial score (nSPS) is 11.5. The zero-order valence-electron chi connectivity index (χ0n) is 15.7. The van der Waals surface area contributed by atoms with Crippen LogP contribution in [0.1, 0.15) is 15.9 Å². The number of carbonyl (C=O) groups excluding carboxylic acids is 2. The molecule has 0 atom stereocenters. The molecule has 0 aliphatic heterocycles. The number of nitrogens with one attached hydrogen (secondary N) is 1. The fourth-order valence-electron chi connectivity index (χ4n) is 3.11. The highest BCUT2D eigenvalue weighted by molar-refractivity contribution is 6.09. The van der Waals surface area contributed by atoms with Crippen LogP contribution in [0, 0.1) is 5.82 Å². The molecule has 0 fully saturated rings. The SMILES string of the molecule is O=C(c1ccccc1)c1ccc2nc(NC(=O)C(F)(F)F)c(-c3cccc(F)c3)n2c1. The number of hydrogen-bond acceptors (Lipinski definition) is 3. The Kier molecular flexibility index (Phi) is 5.02. The molecule has 2 heterocycles. The molecule has 1 amide bonds. The van der Waals surface area contributed by atoms with Crippen LogP contribution in [0.3, 0.4) is 0 Å². The van der Waals surface area contributed by atoms with Gasteiger partial charge in [0.1, 0.15) is 11.5 Å². The summed E-state index contributed by atoms with van der Waals surface area (Å²) in [4.78, 5) is 28.3. The van der Waals surface area contributed by atoms with Crippen LogP contribution in [0.15, 0.2) is 72.9 Å². The Morgan fingerprint density at radius 2 is 1.65 bits per heavy atom. The Bertz CT molecular complexity index is 1300. The number of carbonyl (C=O) groups is 2. The van der Waals surface area contributed by atoms with Crippen LogP contribution in [0.2, 0.25) is 0 Å². The molecule has 0 aliphatic rings. The third-order valence-electron chi connectivity index (χ3n) is 4.50. The van der Waals surface area contributed by atoms with Crippen molar-refractivity contribution < 1.29 is 27.2 Å². The number of hydrogen-bond donors (Lipinski definition) is 1. The van der Waals surface area contributed by atoms with Gasteiger partial charge in [-0.05, 0) is 24.3 Å². The second-order valence-electron chi connectivity index (χ2n) is 6.61. The highest BCUT2D eigenvalue weighted by Crippen LogP contribution is 2.31. The molecule has 4 rings (SSSR count). The first-order valence-corrected chi connectivity index (χ1v) is 9.00. The molecule has 0 aliphatic carbocycles. The van der Waals surface area contributed by atoms with Crippen molar-refractivity contribution in [3.05, 3.63) is 89.9 Å². The summed E-state index contributed by atoms with van der Waals surface area (Å²) in [5.74, 6) is -3.56. The maximum absolute atomic E-state index is 13.8. The van der Waals surface area contributed by atoms with E-state index in [0.717, 1.165) is 6.07 Å². The van der Waals surface area contributed by atoms with Gasteiger partial charge in [0.05, 0.1) is 5.69 Å². The van der Waals surface area contributed by atoms with Crippen LogP contribution in [-0.4, -0.2) is 27.3 Å². The highest BCUT2D eigenvalue weighted by atomic mass is 19.4. The molecule has 2 aromatic carbocycles. The van der Waals surface area contributed by atoms with Gasteiger partial charge in [-0.1, -0.05) is 42.5 Å². The van der Waals surface area contributed by atoms with Gasteiger partial charge in [0.15, 0.2) is 11.6 Å². The third kappa shape index (κ3) is 4.02. The van der Waals surface area contributed by atoms with Crippen molar-refractivity contribution in [3.63, 3.8) is 0 Å². The lowest BCUT2D eigenvalue weighted by molar-refractivity contribution is -0.167. The van der Waals surface area contributed by atoms with E-state index in [0.29, 0.717) is 5.56 Å². The number of alkyl halides is 3. The molecule has 0 bridgehead atoms. The predicted molar refractivity (Wildman–Crippen MR) is 105 cm³/mol. The van der Waals surface area contributed by atoms with E-state index < -0.39 is 23.7 Å². The molecular weight excluding hydrogens is 414 g/mol. The lowest BCUT2D eigenvalue weighted by Crippen LogP contribution is -2.30. The number of amides is 1. The van der Waals surface area contributed by atoms with Crippen LogP contribution in [0.4, 0.5) is 23.4 Å². The number of aromatic nitrogens is 2. The van der Waals surface area contributed by atoms with Crippen molar-refractivity contribution in [1.29, 1.82) is 0 Å². The van der Waals surface area contributed by atoms with Crippen molar-refractivity contribution >= 4 is 23.2 Å². The molecule has 0 unspecified atom stereocenters. The Morgan fingerprint density at radius 3 is 2.32 bits per heavy atom. The van der Waals surface area contributed by atoms with E-state index in [9.17, 15) is 27.2 Å². The summed E-state index contributed by atoms with van der Waals surface area (Å²) in [6.45, 7) is 0. The van der Waals surface area contributed by atoms with Crippen molar-refractivity contribution in [3.8, 4) is 11.3 Å². The number of anilines is 1. The minimum Gasteiger partial charge on any atom is -0.301 e. The molecule has 156 valence electrons. The van der Waals surface area contributed by atoms with E-state index in [1.807, 2.05) is 0 Å². The van der Waals surface area contributed by atoms with Gasteiger partial charge in [0.25, 0.3) is 0 Å². The van der Waals surface area contributed by atoms with Gasteiger partial charge >= 0.3 is 12.1 Å². The number of halogens is 4. The fourth-order valence-corrected chi connectivity index (χ4v) is 3.11. The van der Waals surface area contributed by atoms with Crippen LogP contribution >= 0.6 is 0 Å². The first-order chi connectivity index (χ1) is 14.7. The lowest BCUT2D eigenvalue weighted by atomic mass is 10.1. The average molecular weight is 427 g/mol. The molecule has 0 saturated heterocycles. The van der Waals surface area contributed by atoms with Gasteiger partial charge in [-0.2, -0.15) is 13.2 Å². The second kappa shape index (κ2) is 7.67. The molecule has 5 nitrogen and oxygen atoms in total. The molecular formula is C22H13F4N3O2. The number of rotatable bonds is 4. The fraction of sp³-hybridized carbons (Fsp3) is 0.0455. The topological polar surface area (TPSA) is 63.5 Å². The summed E-state index contributed by atoms with van der Waals surface area (Å²) in [5.41, 5.74) is 1.01. The molecule has 31 heavy (non-hydrogen) atoms. The summed E-state index contributed by atoms with van der Waals surface area (Å²) in [6.07, 6.45) is -3.75. The molecule has 4 aromatic rings. The standard InChI is InChI=1S/C22H13F4N3O2/c23-16-8-4-7-14(11-16)18-20(28-21(31)22(24,25)26)27-17-10-9-15(12-29(17)18)19(30)13-5-2-1-3-6-13/h1-12H,(H,28,31). The van der Waals surface area contributed by atoms with E-state index >= 15 is 0 Å². The monoisotopic (exact) mass is 427 g/mol. The summed E-state index contributed by atoms with van der Waals surface area (Å²) in [6, 6.07) is 16.4. The van der Waals surface area contributed by atoms with Gasteiger partial charge < -0.3 is 5.32 Å². The maximum atomic E-state index is 13.8. The summed E-state index contributed by atoms with van der Waals surface area (Å²) in [5, 5.41) is 1.73. The van der Waals surface area contributed by atoms with Crippen LogP contribution in [0.5, 0.6) is 0 Å². The van der Waals surface area contributed by atoms with Crippen molar-refractivity contribution in [1.82, 2.24) is 9.38 Å². The van der Waals surface area contributed by atoms with Gasteiger partial charge in [-0.3, -0.25) is 14.0 Å². The molecule has 9 heteroatoms. The predicted octanol–water partition coefficient (Wildman–Crippen LogP) is 4.87. The van der Waals surface area contributed by atoms with Crippen molar-refractivity contribution in [2.24, 2.45) is 0 Å². The number of benzene rings is 2. The summed E-state index contributed by atoms with van der Waals surface area (Å²) >= 11 is 0. The number of pyridine rings is 1. The van der Waals surface area contributed by atoms with Gasteiger partial charge in [0, 0.05) is 22.9 Å². The Balaban J connectivity index is 1.89. The second-order valence-corrected chi connectivity index (χ2v) is 6.61. The van der Waals surface area contributed by atoms with Crippen LogP contribution < -0.4 is 5.32 Å². The van der Waals surface area contributed by atoms with E-state index in [-0.39, 0.29) is 28.3 Å². The quantitative estimate of drug-likeness (QED) is 0.373. The summed E-state index contributed by atoms with van der Waals surface area (Å²) in [7, 11) is 0. The average Bonchev–Trinajstić information content (AvgIpc) is 3.10. The molecule has 0 radical (unpaired) electrons. The Morgan fingerprint density at radius 1 is 0.903 bits per heavy atom. The van der Waals surface area contributed by atoms with Gasteiger partial charge in [-0.25, -0.2) is 9.37 Å². The lowest BCUT2D eigenvalue weighted by Gasteiger charge is -2.09. The minimum absolute atomic E-state index is 0.00908. The number of imidazole rings is 1. The number of ketones is 1. The maximum Gasteiger partial charge on any atom is 0.471 e. The number of fused-ring (bicyclic) bond motifs is 1. The number of nitrogens with zero attached hydrogens (tertiary/aromatic N) is 2. The highest BCUT2D eigenvalue weighted by Gasteiger charge is 2.39. The first-order valence-electron chi connectivity index (χ1n) is 9.00. The molecule has 1 N–H and O–H groups in total. The van der Waals surface area contributed by atoms with E-state index in [2.05, 4.69) is 4.98 Å². The van der Waals surface area contributed by atoms with Gasteiger partial charge in [0.2, 0.25) is 0 Å². The third-order valence-corrected chi connectivity index (χ3v) is 4.50. The van der Waals surface area contributed by atoms with Crippen LogP contribution in [-0.2, 0) is 4.79 Å². The largest absolute Gasteiger partial charge is 0.471 e. The van der Waals surface area contributed by atoms with Crippen molar-refractivity contribution in [2.75, 3.05) is 5.32 Å². The van der Waals surface area contributed by atoms with Gasteiger partial charge in [-0.15, -0.1) is 0 Å². The van der Waals surface area contributed by atoms with E-state index in [4.69, 9.17) is 0 Å². The zero-order chi connectivity index (χ0) is 22.2. The zero-order valence-corrected chi connectivity index (χ0v) is 15.7. The Hall–Kier alpha value is -4.01. The molecule has 0 saturated carbocycles. The molecule has 0 spiro atoms. The van der Waals surface area contributed by atoms with Crippen LogP contribution in [0.25, 0.3) is 16.9 Å². The molecule has 2 aromatic heterocycles. The Labute approximate surface area is 173 Å².